The van der Waals surface area contributed by atoms with Gasteiger partial charge in [-0.25, -0.2) is 0 Å². The molecule has 1 aromatic heterocycles. The maximum atomic E-state index is 4.34. The third-order valence-corrected chi connectivity index (χ3v) is 4.88. The Kier molecular flexibility index (Phi) is 9.89. The molecule has 1 fully saturated rings. The lowest BCUT2D eigenvalue weighted by molar-refractivity contribution is 0.398. The van der Waals surface area contributed by atoms with Crippen LogP contribution in [0.5, 0.6) is 0 Å². The van der Waals surface area contributed by atoms with Crippen LogP contribution in [0.1, 0.15) is 19.3 Å². The maximum Gasteiger partial charge on any atom is 0.191 e. The van der Waals surface area contributed by atoms with Crippen LogP contribution in [-0.2, 0) is 0 Å². The lowest BCUT2D eigenvalue weighted by atomic mass is 10.1. The van der Waals surface area contributed by atoms with E-state index in [4.69, 9.17) is 0 Å². The van der Waals surface area contributed by atoms with Crippen molar-refractivity contribution in [3.05, 3.63) is 17.5 Å². The minimum absolute atomic E-state index is 0. The average Bonchev–Trinajstić information content (AvgIpc) is 3.05. The predicted molar refractivity (Wildman–Crippen MR) is 113 cm³/mol. The van der Waals surface area contributed by atoms with Crippen molar-refractivity contribution in [3.63, 3.8) is 0 Å². The van der Waals surface area contributed by atoms with Crippen molar-refractivity contribution >= 4 is 46.3 Å². The fourth-order valence-corrected chi connectivity index (χ4v) is 3.47. The third-order valence-electron chi connectivity index (χ3n) is 3.95. The second-order valence-electron chi connectivity index (χ2n) is 6.01. The van der Waals surface area contributed by atoms with Gasteiger partial charge in [0.25, 0.3) is 0 Å². The molecular weight excluding hydrogens is 421 g/mol. The Morgan fingerprint density at radius 1 is 1.39 bits per heavy atom. The monoisotopic (exact) mass is 451 g/mol. The molecule has 0 bridgehead atoms. The van der Waals surface area contributed by atoms with Gasteiger partial charge in [-0.15, -0.1) is 35.3 Å². The first-order valence-corrected chi connectivity index (χ1v) is 8.97. The van der Waals surface area contributed by atoms with Crippen molar-refractivity contribution in [2.45, 2.75) is 25.3 Å². The summed E-state index contributed by atoms with van der Waals surface area (Å²) in [5, 5.41) is 10.5. The molecule has 0 atom stereocenters. The lowest BCUT2D eigenvalue weighted by Crippen LogP contribution is -2.49. The van der Waals surface area contributed by atoms with Crippen LogP contribution in [0.15, 0.2) is 22.5 Å². The van der Waals surface area contributed by atoms with Crippen LogP contribution in [0.3, 0.4) is 0 Å². The molecule has 0 aliphatic carbocycles. The fourth-order valence-electron chi connectivity index (χ4n) is 2.68. The van der Waals surface area contributed by atoms with E-state index in [1.54, 1.807) is 0 Å². The zero-order valence-corrected chi connectivity index (χ0v) is 17.6. The van der Waals surface area contributed by atoms with Crippen molar-refractivity contribution in [2.24, 2.45) is 4.99 Å². The van der Waals surface area contributed by atoms with Gasteiger partial charge in [0.15, 0.2) is 5.96 Å². The highest BCUT2D eigenvalue weighted by molar-refractivity contribution is 14.0. The summed E-state index contributed by atoms with van der Waals surface area (Å²) in [6.45, 7) is 4.31. The van der Waals surface area contributed by atoms with Crippen LogP contribution in [0.4, 0.5) is 5.00 Å². The van der Waals surface area contributed by atoms with E-state index in [0.717, 1.165) is 51.4 Å². The summed E-state index contributed by atoms with van der Waals surface area (Å²) in [5.41, 5.74) is 0. The van der Waals surface area contributed by atoms with E-state index in [2.05, 4.69) is 57.0 Å². The van der Waals surface area contributed by atoms with Gasteiger partial charge in [0.2, 0.25) is 0 Å². The molecule has 2 rings (SSSR count). The highest BCUT2D eigenvalue weighted by Crippen LogP contribution is 2.24. The van der Waals surface area contributed by atoms with E-state index in [9.17, 15) is 0 Å². The SMILES string of the molecule is CN=C(NCCCN(C)C)NC1CCN(c2cccs2)CC1.I. The van der Waals surface area contributed by atoms with Gasteiger partial charge in [-0.1, -0.05) is 0 Å². The van der Waals surface area contributed by atoms with Crippen LogP contribution < -0.4 is 15.5 Å². The molecule has 0 unspecified atom stereocenters. The number of anilines is 1. The Balaban J connectivity index is 0.00000264. The molecule has 0 spiro atoms. The van der Waals surface area contributed by atoms with Gasteiger partial charge in [0, 0.05) is 32.7 Å². The van der Waals surface area contributed by atoms with Crippen molar-refractivity contribution in [1.29, 1.82) is 0 Å². The zero-order chi connectivity index (χ0) is 15.8. The van der Waals surface area contributed by atoms with Gasteiger partial charge in [-0.2, -0.15) is 0 Å². The first kappa shape index (κ1) is 20.5. The summed E-state index contributed by atoms with van der Waals surface area (Å²) in [6.07, 6.45) is 3.46. The molecule has 1 aromatic rings. The van der Waals surface area contributed by atoms with E-state index in [0.29, 0.717) is 6.04 Å². The van der Waals surface area contributed by atoms with Gasteiger partial charge in [-0.3, -0.25) is 4.99 Å². The van der Waals surface area contributed by atoms with Crippen LogP contribution in [0, 0.1) is 0 Å². The molecule has 5 nitrogen and oxygen atoms in total. The topological polar surface area (TPSA) is 42.9 Å². The smallest absolute Gasteiger partial charge is 0.191 e. The van der Waals surface area contributed by atoms with Crippen LogP contribution in [-0.4, -0.2) is 64.2 Å². The number of piperidine rings is 1. The van der Waals surface area contributed by atoms with E-state index < -0.39 is 0 Å². The number of aliphatic imine (C=N–C) groups is 1. The fraction of sp³-hybridized carbons (Fsp3) is 0.688. The second-order valence-corrected chi connectivity index (χ2v) is 6.94. The van der Waals surface area contributed by atoms with Crippen molar-refractivity contribution in [3.8, 4) is 0 Å². The molecule has 7 heteroatoms. The highest BCUT2D eigenvalue weighted by atomic mass is 127. The molecule has 1 saturated heterocycles. The maximum absolute atomic E-state index is 4.34. The molecular formula is C16H30IN5S. The number of rotatable bonds is 6. The number of thiophene rings is 1. The molecule has 0 aromatic carbocycles. The molecule has 0 saturated carbocycles. The molecule has 2 N–H and O–H groups in total. The Labute approximate surface area is 161 Å². The summed E-state index contributed by atoms with van der Waals surface area (Å²) in [7, 11) is 6.06. The minimum atomic E-state index is 0. The van der Waals surface area contributed by atoms with E-state index in [-0.39, 0.29) is 24.0 Å². The quantitative estimate of drug-likeness (QED) is 0.302. The third kappa shape index (κ3) is 7.26. The summed E-state index contributed by atoms with van der Waals surface area (Å²) in [4.78, 5) is 9.03. The molecule has 2 heterocycles. The van der Waals surface area contributed by atoms with Crippen molar-refractivity contribution in [2.75, 3.05) is 52.2 Å². The van der Waals surface area contributed by atoms with Gasteiger partial charge in [0.05, 0.1) is 5.00 Å². The Bertz CT molecular complexity index is 441. The van der Waals surface area contributed by atoms with Crippen LogP contribution in [0.25, 0.3) is 0 Å². The second kappa shape index (κ2) is 11.1. The summed E-state index contributed by atoms with van der Waals surface area (Å²) >= 11 is 1.83. The normalized spacial score (nSPS) is 16.3. The Morgan fingerprint density at radius 2 is 2.13 bits per heavy atom. The summed E-state index contributed by atoms with van der Waals surface area (Å²) in [5.74, 6) is 0.938. The van der Waals surface area contributed by atoms with Crippen LogP contribution in [0.2, 0.25) is 0 Å². The predicted octanol–water partition coefficient (Wildman–Crippen LogP) is 2.45. The molecule has 23 heavy (non-hydrogen) atoms. The van der Waals surface area contributed by atoms with E-state index >= 15 is 0 Å². The van der Waals surface area contributed by atoms with Gasteiger partial charge in [-0.05, 0) is 57.4 Å². The summed E-state index contributed by atoms with van der Waals surface area (Å²) < 4.78 is 0. The summed E-state index contributed by atoms with van der Waals surface area (Å²) in [6, 6.07) is 4.87. The van der Waals surface area contributed by atoms with Crippen molar-refractivity contribution < 1.29 is 0 Å². The molecule has 1 aliphatic heterocycles. The number of guanidine groups is 1. The first-order valence-electron chi connectivity index (χ1n) is 8.09. The number of nitrogens with zero attached hydrogens (tertiary/aromatic N) is 3. The molecule has 0 amide bonds. The minimum Gasteiger partial charge on any atom is -0.363 e. The number of hydrogen-bond donors (Lipinski definition) is 2. The van der Waals surface area contributed by atoms with Crippen LogP contribution >= 0.6 is 35.3 Å². The largest absolute Gasteiger partial charge is 0.363 e. The number of nitrogens with one attached hydrogen (secondary N) is 2. The molecule has 132 valence electrons. The molecule has 0 radical (unpaired) electrons. The lowest BCUT2D eigenvalue weighted by Gasteiger charge is -2.33. The van der Waals surface area contributed by atoms with Gasteiger partial charge < -0.3 is 20.4 Å². The number of halogens is 1. The Morgan fingerprint density at radius 3 is 2.70 bits per heavy atom. The van der Waals surface area contributed by atoms with Crippen molar-refractivity contribution in [1.82, 2.24) is 15.5 Å². The Hall–Kier alpha value is -0.540. The first-order chi connectivity index (χ1) is 10.7. The zero-order valence-electron chi connectivity index (χ0n) is 14.4. The molecule has 1 aliphatic rings. The van der Waals surface area contributed by atoms with Gasteiger partial charge in [0.1, 0.15) is 0 Å². The van der Waals surface area contributed by atoms with E-state index in [1.807, 2.05) is 18.4 Å². The average molecular weight is 451 g/mol. The van der Waals surface area contributed by atoms with Gasteiger partial charge >= 0.3 is 0 Å². The standard InChI is InChI=1S/C16H29N5S.HI/c1-17-16(18-9-5-10-20(2)3)19-14-7-11-21(12-8-14)15-6-4-13-22-15;/h4,6,13-14H,5,7-12H2,1-3H3,(H2,17,18,19);1H. The number of hydrogen-bond acceptors (Lipinski definition) is 4. The highest BCUT2D eigenvalue weighted by Gasteiger charge is 2.20. The van der Waals surface area contributed by atoms with E-state index in [1.165, 1.54) is 5.00 Å².